The summed E-state index contributed by atoms with van der Waals surface area (Å²) in [7, 11) is 0. The quantitative estimate of drug-likeness (QED) is 0.136. The number of aliphatic hydroxyl groups excluding tert-OH is 2. The summed E-state index contributed by atoms with van der Waals surface area (Å²) in [5, 5.41) is 18.9. The predicted molar refractivity (Wildman–Crippen MR) is 133 cm³/mol. The number of carbonyl (C=O) groups is 1. The lowest BCUT2D eigenvalue weighted by Crippen LogP contribution is -2.39. The maximum absolute atomic E-state index is 12.5. The average molecular weight is 440 g/mol. The molecule has 0 fully saturated rings. The molecule has 0 radical (unpaired) electrons. The van der Waals surface area contributed by atoms with Gasteiger partial charge in [-0.15, -0.1) is 0 Å². The third kappa shape index (κ3) is 20.8. The van der Waals surface area contributed by atoms with Crippen LogP contribution in [0.1, 0.15) is 129 Å². The first kappa shape index (κ1) is 30.1. The second-order valence-corrected chi connectivity index (χ2v) is 9.09. The lowest BCUT2D eigenvalue weighted by molar-refractivity contribution is -0.132. The van der Waals surface area contributed by atoms with Crippen LogP contribution in [0.2, 0.25) is 0 Å². The molecule has 0 bridgehead atoms. The van der Waals surface area contributed by atoms with Gasteiger partial charge in [-0.05, 0) is 12.8 Å². The lowest BCUT2D eigenvalue weighted by atomic mass is 10.0. The van der Waals surface area contributed by atoms with Gasteiger partial charge < -0.3 is 15.1 Å². The van der Waals surface area contributed by atoms with Gasteiger partial charge in [-0.1, -0.05) is 122 Å². The molecule has 4 heteroatoms. The largest absolute Gasteiger partial charge is 0.394 e. The van der Waals surface area contributed by atoms with Gasteiger partial charge in [0.2, 0.25) is 5.91 Å². The summed E-state index contributed by atoms with van der Waals surface area (Å²) >= 11 is 0. The predicted octanol–water partition coefficient (Wildman–Crippen LogP) is 6.79. The molecule has 0 saturated carbocycles. The van der Waals surface area contributed by atoms with Gasteiger partial charge in [0, 0.05) is 19.5 Å². The summed E-state index contributed by atoms with van der Waals surface area (Å²) in [6.45, 7) is 5.04. The van der Waals surface area contributed by atoms with Crippen molar-refractivity contribution in [3.05, 3.63) is 12.2 Å². The number of hydrogen-bond donors (Lipinski definition) is 2. The Hall–Kier alpha value is -0.870. The number of unbranched alkanes of at least 4 members (excludes halogenated alkanes) is 15. The van der Waals surface area contributed by atoms with Crippen molar-refractivity contribution in [1.29, 1.82) is 0 Å². The van der Waals surface area contributed by atoms with E-state index in [4.69, 9.17) is 5.11 Å². The molecule has 0 spiro atoms. The van der Waals surface area contributed by atoms with Gasteiger partial charge in [-0.3, -0.25) is 4.79 Å². The van der Waals surface area contributed by atoms with Gasteiger partial charge in [0.15, 0.2) is 0 Å². The monoisotopic (exact) mass is 439 g/mol. The van der Waals surface area contributed by atoms with Crippen molar-refractivity contribution in [3.63, 3.8) is 0 Å². The minimum Gasteiger partial charge on any atom is -0.394 e. The van der Waals surface area contributed by atoms with E-state index in [-0.39, 0.29) is 19.1 Å². The summed E-state index contributed by atoms with van der Waals surface area (Å²) in [6.07, 6.45) is 25.3. The topological polar surface area (TPSA) is 60.8 Å². The van der Waals surface area contributed by atoms with Crippen LogP contribution in [0.3, 0.4) is 0 Å². The van der Waals surface area contributed by atoms with Crippen molar-refractivity contribution in [1.82, 2.24) is 4.90 Å². The van der Waals surface area contributed by atoms with Crippen LogP contribution >= 0.6 is 0 Å². The molecule has 0 aliphatic rings. The van der Waals surface area contributed by atoms with Crippen molar-refractivity contribution in [2.24, 2.45) is 0 Å². The van der Waals surface area contributed by atoms with E-state index < -0.39 is 6.10 Å². The first-order valence-corrected chi connectivity index (χ1v) is 13.4. The van der Waals surface area contributed by atoms with Crippen LogP contribution in [0.5, 0.6) is 0 Å². The molecule has 0 aromatic heterocycles. The lowest BCUT2D eigenvalue weighted by Gasteiger charge is -2.24. The van der Waals surface area contributed by atoms with Gasteiger partial charge >= 0.3 is 0 Å². The molecule has 0 aromatic carbocycles. The Bertz CT molecular complexity index is 411. The van der Waals surface area contributed by atoms with Gasteiger partial charge in [0.25, 0.3) is 0 Å². The Morgan fingerprint density at radius 1 is 0.742 bits per heavy atom. The smallest absolute Gasteiger partial charge is 0.226 e. The van der Waals surface area contributed by atoms with E-state index in [1.165, 1.54) is 77.0 Å². The second kappa shape index (κ2) is 23.8. The molecule has 1 unspecified atom stereocenters. The summed E-state index contributed by atoms with van der Waals surface area (Å²) in [6, 6.07) is 0. The van der Waals surface area contributed by atoms with Gasteiger partial charge in [0.05, 0.1) is 12.7 Å². The number of aliphatic hydroxyl groups is 2. The van der Waals surface area contributed by atoms with E-state index in [2.05, 4.69) is 19.9 Å². The minimum absolute atomic E-state index is 0.0509. The third-order valence-corrected chi connectivity index (χ3v) is 5.96. The summed E-state index contributed by atoms with van der Waals surface area (Å²) in [5.41, 5.74) is 0. The molecule has 4 nitrogen and oxygen atoms in total. The highest BCUT2D eigenvalue weighted by molar-refractivity contribution is 5.77. The van der Waals surface area contributed by atoms with Crippen molar-refractivity contribution in [2.75, 3.05) is 19.7 Å². The molecule has 2 N–H and O–H groups in total. The Kier molecular flexibility index (Phi) is 23.1. The number of rotatable bonds is 23. The maximum atomic E-state index is 12.5. The zero-order valence-corrected chi connectivity index (χ0v) is 20.8. The number of nitrogens with zero attached hydrogens (tertiary/aromatic N) is 1. The van der Waals surface area contributed by atoms with Crippen molar-refractivity contribution in [2.45, 2.75) is 136 Å². The van der Waals surface area contributed by atoms with Crippen LogP contribution in [0.15, 0.2) is 12.2 Å². The molecular weight excluding hydrogens is 386 g/mol. The highest BCUT2D eigenvalue weighted by Gasteiger charge is 2.15. The van der Waals surface area contributed by atoms with E-state index in [1.807, 2.05) is 6.08 Å². The fourth-order valence-electron chi connectivity index (χ4n) is 3.88. The zero-order valence-electron chi connectivity index (χ0n) is 20.8. The number of hydrogen-bond acceptors (Lipinski definition) is 3. The number of carbonyl (C=O) groups excluding carboxylic acids is 1. The van der Waals surface area contributed by atoms with Crippen LogP contribution in [-0.2, 0) is 4.79 Å². The standard InChI is InChI=1S/C27H53NO3/c1-3-5-7-9-10-11-12-13-14-15-16-17-19-21-23-28(24-26(30)25-29)27(31)22-20-18-8-6-4-2/h18,20,26,29-30H,3-17,19,21-25H2,1-2H3. The summed E-state index contributed by atoms with van der Waals surface area (Å²) < 4.78 is 0. The molecule has 31 heavy (non-hydrogen) atoms. The molecule has 1 atom stereocenters. The zero-order chi connectivity index (χ0) is 23.0. The van der Waals surface area contributed by atoms with Crippen molar-refractivity contribution >= 4 is 5.91 Å². The first-order valence-electron chi connectivity index (χ1n) is 13.4. The second-order valence-electron chi connectivity index (χ2n) is 9.09. The Labute approximate surface area is 193 Å². The van der Waals surface area contributed by atoms with E-state index >= 15 is 0 Å². The van der Waals surface area contributed by atoms with E-state index in [0.29, 0.717) is 13.0 Å². The molecule has 0 aliphatic heterocycles. The molecule has 0 rings (SSSR count). The SMILES string of the molecule is CCCCC=CCC(=O)N(CCCCCCCCCCCCCCCC)CC(O)CO. The normalized spacial score (nSPS) is 12.5. The molecule has 0 heterocycles. The Morgan fingerprint density at radius 2 is 1.23 bits per heavy atom. The van der Waals surface area contributed by atoms with E-state index in [0.717, 1.165) is 32.1 Å². The van der Waals surface area contributed by atoms with E-state index in [9.17, 15) is 9.90 Å². The van der Waals surface area contributed by atoms with Crippen molar-refractivity contribution in [3.8, 4) is 0 Å². The highest BCUT2D eigenvalue weighted by Crippen LogP contribution is 2.13. The summed E-state index contributed by atoms with van der Waals surface area (Å²) in [4.78, 5) is 14.2. The van der Waals surface area contributed by atoms with Crippen LogP contribution < -0.4 is 0 Å². The van der Waals surface area contributed by atoms with Gasteiger partial charge in [0.1, 0.15) is 0 Å². The van der Waals surface area contributed by atoms with E-state index in [1.54, 1.807) is 4.90 Å². The van der Waals surface area contributed by atoms with Crippen LogP contribution in [0.25, 0.3) is 0 Å². The van der Waals surface area contributed by atoms with Crippen LogP contribution in [0, 0.1) is 0 Å². The average Bonchev–Trinajstić information content (AvgIpc) is 2.78. The molecule has 184 valence electrons. The van der Waals surface area contributed by atoms with Crippen LogP contribution in [-0.4, -0.2) is 46.8 Å². The highest BCUT2D eigenvalue weighted by atomic mass is 16.3. The Balaban J connectivity index is 3.80. The molecule has 0 aliphatic carbocycles. The summed E-state index contributed by atoms with van der Waals surface area (Å²) in [5.74, 6) is 0.0509. The fourth-order valence-corrected chi connectivity index (χ4v) is 3.88. The third-order valence-electron chi connectivity index (χ3n) is 5.96. The van der Waals surface area contributed by atoms with Crippen LogP contribution in [0.4, 0.5) is 0 Å². The number of allylic oxidation sites excluding steroid dienone is 1. The fraction of sp³-hybridized carbons (Fsp3) is 0.889. The Morgan fingerprint density at radius 3 is 1.71 bits per heavy atom. The van der Waals surface area contributed by atoms with Gasteiger partial charge in [-0.2, -0.15) is 0 Å². The molecule has 0 aromatic rings. The molecular formula is C27H53NO3. The molecule has 0 saturated heterocycles. The maximum Gasteiger partial charge on any atom is 0.226 e. The van der Waals surface area contributed by atoms with Crippen molar-refractivity contribution < 1.29 is 15.0 Å². The number of amides is 1. The molecule has 1 amide bonds. The van der Waals surface area contributed by atoms with Gasteiger partial charge in [-0.25, -0.2) is 0 Å². The first-order chi connectivity index (χ1) is 15.2. The minimum atomic E-state index is -0.848.